The molecule has 1 N–H and O–H groups in total. The van der Waals surface area contributed by atoms with Crippen LogP contribution in [0.2, 0.25) is 0 Å². The molecule has 2 nitrogen and oxygen atoms in total. The number of hydrogen-bond acceptors (Lipinski definition) is 1. The van der Waals surface area contributed by atoms with Crippen LogP contribution in [0.1, 0.15) is 56.1 Å². The normalized spacial score (nSPS) is 17.7. The van der Waals surface area contributed by atoms with Crippen LogP contribution < -0.4 is 5.32 Å². The van der Waals surface area contributed by atoms with E-state index in [0.717, 1.165) is 37.4 Å². The first kappa shape index (κ1) is 17.8. The molecular weight excluding hydrogens is 386 g/mol. The molecule has 2 aliphatic rings. The van der Waals surface area contributed by atoms with Gasteiger partial charge in [0.15, 0.2) is 0 Å². The average molecular weight is 412 g/mol. The molecule has 0 radical (unpaired) electrons. The smallest absolute Gasteiger partial charge is 0.235 e. The molecule has 0 unspecified atom stereocenters. The highest BCUT2D eigenvalue weighted by atomic mass is 79.9. The van der Waals surface area contributed by atoms with Gasteiger partial charge in [-0.25, -0.2) is 0 Å². The van der Waals surface area contributed by atoms with Gasteiger partial charge >= 0.3 is 0 Å². The van der Waals surface area contributed by atoms with E-state index in [2.05, 4.69) is 69.8 Å². The first-order chi connectivity index (χ1) is 12.8. The van der Waals surface area contributed by atoms with E-state index in [1.165, 1.54) is 35.1 Å². The number of amides is 1. The molecule has 0 atom stereocenters. The van der Waals surface area contributed by atoms with Gasteiger partial charge in [0, 0.05) is 11.4 Å². The molecular formula is C23H26BrNO. The number of alkyl halides is 1. The maximum absolute atomic E-state index is 13.7. The van der Waals surface area contributed by atoms with Gasteiger partial charge in [0.05, 0.1) is 0 Å². The lowest BCUT2D eigenvalue weighted by Crippen LogP contribution is -2.47. The minimum atomic E-state index is -0.544. The predicted molar refractivity (Wildman–Crippen MR) is 111 cm³/mol. The number of hydrogen-bond donors (Lipinski definition) is 1. The van der Waals surface area contributed by atoms with Crippen LogP contribution in [0.4, 0.5) is 0 Å². The fourth-order valence-electron chi connectivity index (χ4n) is 4.82. The van der Waals surface area contributed by atoms with Crippen LogP contribution in [-0.2, 0) is 10.2 Å². The Morgan fingerprint density at radius 3 is 2.12 bits per heavy atom. The predicted octanol–water partition coefficient (Wildman–Crippen LogP) is 5.58. The van der Waals surface area contributed by atoms with E-state index in [0.29, 0.717) is 6.04 Å². The van der Waals surface area contributed by atoms with Gasteiger partial charge in [-0.3, -0.25) is 4.79 Å². The highest BCUT2D eigenvalue weighted by molar-refractivity contribution is 9.09. The summed E-state index contributed by atoms with van der Waals surface area (Å²) in [6.45, 7) is 0. The second kappa shape index (κ2) is 7.56. The molecule has 2 aromatic carbocycles. The Hall–Kier alpha value is -1.61. The van der Waals surface area contributed by atoms with Crippen LogP contribution >= 0.6 is 15.9 Å². The Kier molecular flexibility index (Phi) is 5.17. The fourth-order valence-corrected chi connectivity index (χ4v) is 5.21. The SMILES string of the molecule is O=C(NC1CCCC1)C1(CCCCBr)c2ccccc2-c2ccccc21. The number of benzene rings is 2. The molecule has 1 saturated carbocycles. The van der Waals surface area contributed by atoms with Crippen molar-refractivity contribution in [2.24, 2.45) is 0 Å². The second-order valence-corrected chi connectivity index (χ2v) is 8.39. The van der Waals surface area contributed by atoms with Crippen molar-refractivity contribution in [3.63, 3.8) is 0 Å². The summed E-state index contributed by atoms with van der Waals surface area (Å²) < 4.78 is 0. The Balaban J connectivity index is 1.80. The van der Waals surface area contributed by atoms with Crippen molar-refractivity contribution >= 4 is 21.8 Å². The summed E-state index contributed by atoms with van der Waals surface area (Å²) in [6, 6.07) is 17.3. The van der Waals surface area contributed by atoms with E-state index >= 15 is 0 Å². The Bertz CT molecular complexity index is 749. The van der Waals surface area contributed by atoms with Crippen molar-refractivity contribution in [3.8, 4) is 11.1 Å². The molecule has 1 fully saturated rings. The number of unbranched alkanes of at least 4 members (excludes halogenated alkanes) is 1. The number of fused-ring (bicyclic) bond motifs is 3. The molecule has 26 heavy (non-hydrogen) atoms. The van der Waals surface area contributed by atoms with Gasteiger partial charge in [-0.2, -0.15) is 0 Å². The monoisotopic (exact) mass is 411 g/mol. The van der Waals surface area contributed by atoms with E-state index in [-0.39, 0.29) is 5.91 Å². The Labute approximate surface area is 164 Å². The Morgan fingerprint density at radius 1 is 0.962 bits per heavy atom. The topological polar surface area (TPSA) is 29.1 Å². The molecule has 0 spiro atoms. The highest BCUT2D eigenvalue weighted by Crippen LogP contribution is 2.51. The van der Waals surface area contributed by atoms with E-state index < -0.39 is 5.41 Å². The minimum absolute atomic E-state index is 0.205. The van der Waals surface area contributed by atoms with Gasteiger partial charge in [-0.15, -0.1) is 0 Å². The zero-order valence-corrected chi connectivity index (χ0v) is 16.7. The average Bonchev–Trinajstić information content (AvgIpc) is 3.28. The lowest BCUT2D eigenvalue weighted by Gasteiger charge is -2.32. The summed E-state index contributed by atoms with van der Waals surface area (Å²) in [4.78, 5) is 13.7. The standard InChI is InChI=1S/C23H26BrNO/c24-16-8-7-15-23(22(26)25-17-9-1-2-10-17)20-13-5-3-11-18(20)19-12-4-6-14-21(19)23/h3-6,11-14,17H,1-2,7-10,15-16H2,(H,25,26). The van der Waals surface area contributed by atoms with Crippen molar-refractivity contribution in [2.45, 2.75) is 56.4 Å². The molecule has 3 heteroatoms. The maximum atomic E-state index is 13.7. The first-order valence-corrected chi connectivity index (χ1v) is 11.0. The second-order valence-electron chi connectivity index (χ2n) is 7.60. The lowest BCUT2D eigenvalue weighted by atomic mass is 9.73. The summed E-state index contributed by atoms with van der Waals surface area (Å²) in [5, 5.41) is 4.40. The zero-order chi connectivity index (χ0) is 18.0. The van der Waals surface area contributed by atoms with Crippen molar-refractivity contribution in [1.29, 1.82) is 0 Å². The molecule has 0 aromatic heterocycles. The summed E-state index contributed by atoms with van der Waals surface area (Å²) in [6.07, 6.45) is 7.68. The summed E-state index contributed by atoms with van der Waals surface area (Å²) >= 11 is 3.55. The molecule has 2 aliphatic carbocycles. The number of nitrogens with one attached hydrogen (secondary N) is 1. The molecule has 1 amide bonds. The van der Waals surface area contributed by atoms with Crippen molar-refractivity contribution in [1.82, 2.24) is 5.32 Å². The van der Waals surface area contributed by atoms with Gasteiger partial charge in [0.25, 0.3) is 0 Å². The molecule has 4 rings (SSSR count). The number of halogens is 1. The Morgan fingerprint density at radius 2 is 1.54 bits per heavy atom. The van der Waals surface area contributed by atoms with Crippen molar-refractivity contribution in [2.75, 3.05) is 5.33 Å². The third-order valence-corrected chi connectivity index (χ3v) is 6.64. The molecule has 0 heterocycles. The van der Waals surface area contributed by atoms with Crippen LogP contribution in [0.25, 0.3) is 11.1 Å². The van der Waals surface area contributed by atoms with Crippen molar-refractivity contribution < 1.29 is 4.79 Å². The third-order valence-electron chi connectivity index (χ3n) is 6.08. The lowest BCUT2D eigenvalue weighted by molar-refractivity contribution is -0.126. The van der Waals surface area contributed by atoms with E-state index in [1.54, 1.807) is 0 Å². The van der Waals surface area contributed by atoms with Crippen LogP contribution in [0.5, 0.6) is 0 Å². The van der Waals surface area contributed by atoms with Crippen molar-refractivity contribution in [3.05, 3.63) is 59.7 Å². The van der Waals surface area contributed by atoms with Gasteiger partial charge in [0.2, 0.25) is 5.91 Å². The van der Waals surface area contributed by atoms with Gasteiger partial charge in [-0.1, -0.05) is 83.7 Å². The fraction of sp³-hybridized carbons (Fsp3) is 0.435. The largest absolute Gasteiger partial charge is 0.352 e. The van der Waals surface area contributed by atoms with Gasteiger partial charge in [-0.05, 0) is 47.9 Å². The van der Waals surface area contributed by atoms with Crippen LogP contribution in [-0.4, -0.2) is 17.3 Å². The number of rotatable bonds is 6. The quantitative estimate of drug-likeness (QED) is 0.487. The minimum Gasteiger partial charge on any atom is -0.352 e. The summed E-state index contributed by atoms with van der Waals surface area (Å²) in [7, 11) is 0. The van der Waals surface area contributed by atoms with Crippen LogP contribution in [0, 0.1) is 0 Å². The van der Waals surface area contributed by atoms with E-state index in [4.69, 9.17) is 0 Å². The van der Waals surface area contributed by atoms with Crippen LogP contribution in [0.15, 0.2) is 48.5 Å². The molecule has 0 bridgehead atoms. The molecule has 0 saturated heterocycles. The highest BCUT2D eigenvalue weighted by Gasteiger charge is 2.48. The molecule has 136 valence electrons. The maximum Gasteiger partial charge on any atom is 0.235 e. The van der Waals surface area contributed by atoms with Gasteiger partial charge in [0.1, 0.15) is 5.41 Å². The zero-order valence-electron chi connectivity index (χ0n) is 15.1. The molecule has 2 aromatic rings. The third kappa shape index (κ3) is 2.90. The van der Waals surface area contributed by atoms with Crippen LogP contribution in [0.3, 0.4) is 0 Å². The molecule has 0 aliphatic heterocycles. The first-order valence-electron chi connectivity index (χ1n) is 9.83. The summed E-state index contributed by atoms with van der Waals surface area (Å²) in [5.41, 5.74) is 4.28. The van der Waals surface area contributed by atoms with E-state index in [9.17, 15) is 4.79 Å². The van der Waals surface area contributed by atoms with E-state index in [1.807, 2.05) is 0 Å². The number of carbonyl (C=O) groups excluding carboxylic acids is 1. The number of carbonyl (C=O) groups is 1. The summed E-state index contributed by atoms with van der Waals surface area (Å²) in [5.74, 6) is 0.205. The van der Waals surface area contributed by atoms with Gasteiger partial charge < -0.3 is 5.32 Å².